The molecular weight excluding hydrogens is 244 g/mol. The first kappa shape index (κ1) is 15.3. The standard InChI is InChI=1S/C14H22N2O3/c1-10(2)12(17)9-16-14(18)7-8-19-13-6-4-3-5-11(13)15/h3-6,10,12,17H,7-9,15H2,1-2H3,(H,16,18). The molecule has 5 nitrogen and oxygen atoms in total. The number of anilines is 1. The van der Waals surface area contributed by atoms with Crippen molar-refractivity contribution in [3.05, 3.63) is 24.3 Å². The molecule has 0 bridgehead atoms. The molecule has 5 heteroatoms. The minimum Gasteiger partial charge on any atom is -0.491 e. The Hall–Kier alpha value is -1.75. The van der Waals surface area contributed by atoms with Crippen molar-refractivity contribution in [3.63, 3.8) is 0 Å². The number of benzene rings is 1. The fourth-order valence-corrected chi connectivity index (χ4v) is 1.41. The van der Waals surface area contributed by atoms with Crippen molar-refractivity contribution in [2.24, 2.45) is 5.92 Å². The Balaban J connectivity index is 2.23. The van der Waals surface area contributed by atoms with Crippen molar-refractivity contribution in [2.45, 2.75) is 26.4 Å². The van der Waals surface area contributed by atoms with E-state index in [9.17, 15) is 9.90 Å². The van der Waals surface area contributed by atoms with Crippen LogP contribution in [0.3, 0.4) is 0 Å². The second-order valence-corrected chi connectivity index (χ2v) is 4.75. The number of nitrogens with one attached hydrogen (secondary N) is 1. The Morgan fingerprint density at radius 2 is 2.11 bits per heavy atom. The molecule has 1 aromatic rings. The van der Waals surface area contributed by atoms with E-state index in [0.29, 0.717) is 11.4 Å². The molecule has 0 spiro atoms. The van der Waals surface area contributed by atoms with Crippen LogP contribution >= 0.6 is 0 Å². The van der Waals surface area contributed by atoms with Crippen LogP contribution in [0.4, 0.5) is 5.69 Å². The van der Waals surface area contributed by atoms with E-state index in [-0.39, 0.29) is 31.4 Å². The summed E-state index contributed by atoms with van der Waals surface area (Å²) in [6.07, 6.45) is -0.284. The Kier molecular flexibility index (Phi) is 6.15. The van der Waals surface area contributed by atoms with Gasteiger partial charge in [0.15, 0.2) is 0 Å². The topological polar surface area (TPSA) is 84.6 Å². The molecule has 0 aliphatic rings. The number of carbonyl (C=O) groups is 1. The zero-order valence-electron chi connectivity index (χ0n) is 11.4. The highest BCUT2D eigenvalue weighted by Gasteiger charge is 2.10. The molecule has 0 aromatic heterocycles. The zero-order valence-corrected chi connectivity index (χ0v) is 11.4. The molecule has 19 heavy (non-hydrogen) atoms. The van der Waals surface area contributed by atoms with E-state index in [1.165, 1.54) is 0 Å². The lowest BCUT2D eigenvalue weighted by atomic mass is 10.1. The summed E-state index contributed by atoms with van der Waals surface area (Å²) in [6, 6.07) is 7.15. The van der Waals surface area contributed by atoms with E-state index in [1.54, 1.807) is 12.1 Å². The number of carbonyl (C=O) groups excluding carboxylic acids is 1. The molecule has 0 radical (unpaired) electrons. The fraction of sp³-hybridized carbons (Fsp3) is 0.500. The monoisotopic (exact) mass is 266 g/mol. The molecule has 0 aliphatic heterocycles. The molecule has 106 valence electrons. The van der Waals surface area contributed by atoms with E-state index in [2.05, 4.69) is 5.32 Å². The van der Waals surface area contributed by atoms with Crippen LogP contribution in [0.25, 0.3) is 0 Å². The number of hydrogen-bond acceptors (Lipinski definition) is 4. The summed E-state index contributed by atoms with van der Waals surface area (Å²) >= 11 is 0. The summed E-state index contributed by atoms with van der Waals surface area (Å²) in [5.74, 6) is 0.562. The predicted octanol–water partition coefficient (Wildman–Crippen LogP) is 1.17. The van der Waals surface area contributed by atoms with Crippen LogP contribution in [0.1, 0.15) is 20.3 Å². The van der Waals surface area contributed by atoms with E-state index >= 15 is 0 Å². The first-order valence-electron chi connectivity index (χ1n) is 6.42. The van der Waals surface area contributed by atoms with Crippen molar-refractivity contribution < 1.29 is 14.6 Å². The summed E-state index contributed by atoms with van der Waals surface area (Å²) in [5, 5.41) is 12.2. The van der Waals surface area contributed by atoms with E-state index in [4.69, 9.17) is 10.5 Å². The molecule has 0 fully saturated rings. The van der Waals surface area contributed by atoms with Gasteiger partial charge in [-0.25, -0.2) is 0 Å². The summed E-state index contributed by atoms with van der Waals surface area (Å²) < 4.78 is 5.41. The van der Waals surface area contributed by atoms with Crippen LogP contribution in [-0.4, -0.2) is 30.3 Å². The normalized spacial score (nSPS) is 12.2. The molecular formula is C14H22N2O3. The number of nitrogens with two attached hydrogens (primary N) is 1. The maximum Gasteiger partial charge on any atom is 0.223 e. The highest BCUT2D eigenvalue weighted by Crippen LogP contribution is 2.19. The van der Waals surface area contributed by atoms with Crippen LogP contribution in [-0.2, 0) is 4.79 Å². The predicted molar refractivity (Wildman–Crippen MR) is 74.8 cm³/mol. The number of nitrogen functional groups attached to an aromatic ring is 1. The van der Waals surface area contributed by atoms with E-state index in [1.807, 2.05) is 26.0 Å². The van der Waals surface area contributed by atoms with Crippen LogP contribution in [0.15, 0.2) is 24.3 Å². The average Bonchev–Trinajstić information content (AvgIpc) is 2.38. The molecule has 1 aromatic carbocycles. The quantitative estimate of drug-likeness (QED) is 0.647. The van der Waals surface area contributed by atoms with Gasteiger partial charge in [0.1, 0.15) is 5.75 Å². The highest BCUT2D eigenvalue weighted by molar-refractivity contribution is 5.76. The van der Waals surface area contributed by atoms with Crippen molar-refractivity contribution in [3.8, 4) is 5.75 Å². The van der Waals surface area contributed by atoms with Gasteiger partial charge in [0, 0.05) is 6.54 Å². The van der Waals surface area contributed by atoms with Crippen molar-refractivity contribution >= 4 is 11.6 Å². The lowest BCUT2D eigenvalue weighted by Crippen LogP contribution is -2.35. The van der Waals surface area contributed by atoms with Gasteiger partial charge in [-0.2, -0.15) is 0 Å². The Labute approximate surface area is 113 Å². The number of amides is 1. The summed E-state index contributed by atoms with van der Waals surface area (Å²) in [4.78, 5) is 11.5. The summed E-state index contributed by atoms with van der Waals surface area (Å²) in [6.45, 7) is 4.33. The van der Waals surface area contributed by atoms with Gasteiger partial charge in [0.2, 0.25) is 5.91 Å². The number of rotatable bonds is 7. The minimum absolute atomic E-state index is 0.126. The van der Waals surface area contributed by atoms with Gasteiger partial charge in [-0.1, -0.05) is 26.0 Å². The second kappa shape index (κ2) is 7.63. The molecule has 1 rings (SSSR count). The number of hydrogen-bond donors (Lipinski definition) is 3. The van der Waals surface area contributed by atoms with Gasteiger partial charge in [-0.15, -0.1) is 0 Å². The third kappa shape index (κ3) is 5.61. The molecule has 4 N–H and O–H groups in total. The molecule has 1 unspecified atom stereocenters. The number of ether oxygens (including phenoxy) is 1. The maximum atomic E-state index is 11.5. The van der Waals surface area contributed by atoms with Crippen LogP contribution in [0, 0.1) is 5.92 Å². The molecule has 0 saturated carbocycles. The SMILES string of the molecule is CC(C)C(O)CNC(=O)CCOc1ccccc1N. The molecule has 0 heterocycles. The first-order chi connectivity index (χ1) is 9.00. The second-order valence-electron chi connectivity index (χ2n) is 4.75. The molecule has 1 atom stereocenters. The highest BCUT2D eigenvalue weighted by atomic mass is 16.5. The summed E-state index contributed by atoms with van der Waals surface area (Å²) in [7, 11) is 0. The maximum absolute atomic E-state index is 11.5. The van der Waals surface area contributed by atoms with Gasteiger partial charge in [0.25, 0.3) is 0 Å². The van der Waals surface area contributed by atoms with E-state index in [0.717, 1.165) is 0 Å². The van der Waals surface area contributed by atoms with Gasteiger partial charge in [-0.3, -0.25) is 4.79 Å². The largest absolute Gasteiger partial charge is 0.491 e. The van der Waals surface area contributed by atoms with Gasteiger partial charge < -0.3 is 20.9 Å². The van der Waals surface area contributed by atoms with Crippen molar-refractivity contribution in [2.75, 3.05) is 18.9 Å². The molecule has 0 saturated heterocycles. The Morgan fingerprint density at radius 1 is 1.42 bits per heavy atom. The fourth-order valence-electron chi connectivity index (χ4n) is 1.41. The summed E-state index contributed by atoms with van der Waals surface area (Å²) in [5.41, 5.74) is 6.26. The van der Waals surface area contributed by atoms with Crippen LogP contribution in [0.2, 0.25) is 0 Å². The number of para-hydroxylation sites is 2. The molecule has 1 amide bonds. The van der Waals surface area contributed by atoms with Crippen LogP contribution in [0.5, 0.6) is 5.75 Å². The Bertz CT molecular complexity index is 407. The lowest BCUT2D eigenvalue weighted by molar-refractivity contribution is -0.122. The lowest BCUT2D eigenvalue weighted by Gasteiger charge is -2.15. The third-order valence-electron chi connectivity index (χ3n) is 2.78. The van der Waals surface area contributed by atoms with Crippen LogP contribution < -0.4 is 15.8 Å². The Morgan fingerprint density at radius 3 is 2.74 bits per heavy atom. The molecule has 0 aliphatic carbocycles. The third-order valence-corrected chi connectivity index (χ3v) is 2.78. The van der Waals surface area contributed by atoms with Gasteiger partial charge in [-0.05, 0) is 18.1 Å². The average molecular weight is 266 g/mol. The zero-order chi connectivity index (χ0) is 14.3. The van der Waals surface area contributed by atoms with Gasteiger partial charge >= 0.3 is 0 Å². The first-order valence-corrected chi connectivity index (χ1v) is 6.42. The van der Waals surface area contributed by atoms with Crippen molar-refractivity contribution in [1.82, 2.24) is 5.32 Å². The van der Waals surface area contributed by atoms with E-state index < -0.39 is 6.10 Å². The minimum atomic E-state index is -0.519. The number of aliphatic hydroxyl groups excluding tert-OH is 1. The van der Waals surface area contributed by atoms with Crippen molar-refractivity contribution in [1.29, 1.82) is 0 Å². The smallest absolute Gasteiger partial charge is 0.223 e. The number of aliphatic hydroxyl groups is 1. The van der Waals surface area contributed by atoms with Gasteiger partial charge in [0.05, 0.1) is 24.8 Å².